The number of aromatic nitrogens is 2. The van der Waals surface area contributed by atoms with Crippen LogP contribution in [-0.2, 0) is 9.53 Å². The number of nitrogens with zero attached hydrogens (tertiary/aromatic N) is 2. The molecule has 1 heterocycles. The lowest BCUT2D eigenvalue weighted by atomic mass is 10.2. The molecule has 1 rings (SSSR count). The van der Waals surface area contributed by atoms with Gasteiger partial charge in [-0.1, -0.05) is 0 Å². The molecule has 0 saturated carbocycles. The van der Waals surface area contributed by atoms with Crippen LogP contribution < -0.4 is 16.6 Å². The van der Waals surface area contributed by atoms with E-state index >= 15 is 0 Å². The number of ether oxygens (including phenoxy) is 1. The van der Waals surface area contributed by atoms with Crippen LogP contribution in [0.1, 0.15) is 12.5 Å². The summed E-state index contributed by atoms with van der Waals surface area (Å²) in [5, 5.41) is 2.91. The van der Waals surface area contributed by atoms with E-state index in [4.69, 9.17) is 5.84 Å². The second kappa shape index (κ2) is 5.26. The molecule has 1 unspecified atom stereocenters. The molecule has 0 fully saturated rings. The largest absolute Gasteiger partial charge is 0.467 e. The average Bonchev–Trinajstić information content (AvgIpc) is 2.30. The van der Waals surface area contributed by atoms with Gasteiger partial charge in [0.25, 0.3) is 0 Å². The molecular weight excluding hydrogens is 210 g/mol. The third-order valence-electron chi connectivity index (χ3n) is 2.13. The van der Waals surface area contributed by atoms with Gasteiger partial charge in [0.2, 0.25) is 0 Å². The zero-order valence-corrected chi connectivity index (χ0v) is 9.44. The van der Waals surface area contributed by atoms with Crippen molar-refractivity contribution < 1.29 is 9.53 Å². The van der Waals surface area contributed by atoms with E-state index in [2.05, 4.69) is 25.4 Å². The lowest BCUT2D eigenvalue weighted by molar-refractivity contribution is -0.141. The second-order valence-electron chi connectivity index (χ2n) is 3.23. The maximum absolute atomic E-state index is 11.2. The Morgan fingerprint density at radius 1 is 1.50 bits per heavy atom. The van der Waals surface area contributed by atoms with Gasteiger partial charge in [-0.15, -0.1) is 0 Å². The highest BCUT2D eigenvalue weighted by molar-refractivity contribution is 5.78. The molecule has 1 aromatic rings. The molecule has 1 aromatic heterocycles. The number of nitrogen functional groups attached to an aromatic ring is 1. The van der Waals surface area contributed by atoms with Crippen molar-refractivity contribution in [1.82, 2.24) is 9.97 Å². The Kier molecular flexibility index (Phi) is 4.01. The van der Waals surface area contributed by atoms with Gasteiger partial charge in [-0.3, -0.25) is 0 Å². The molecule has 0 radical (unpaired) electrons. The van der Waals surface area contributed by atoms with Gasteiger partial charge in [-0.05, 0) is 13.8 Å². The maximum atomic E-state index is 11.2. The number of hydrogen-bond donors (Lipinski definition) is 3. The van der Waals surface area contributed by atoms with Gasteiger partial charge in [0.15, 0.2) is 0 Å². The van der Waals surface area contributed by atoms with E-state index in [1.807, 2.05) is 0 Å². The molecule has 0 aromatic carbocycles. The molecule has 0 aliphatic rings. The summed E-state index contributed by atoms with van der Waals surface area (Å²) in [5.74, 6) is 5.97. The molecule has 0 aliphatic carbocycles. The fraction of sp³-hybridized carbons (Fsp3) is 0.444. The lowest BCUT2D eigenvalue weighted by Gasteiger charge is -2.14. The summed E-state index contributed by atoms with van der Waals surface area (Å²) in [7, 11) is 1.33. The third kappa shape index (κ3) is 2.57. The predicted octanol–water partition coefficient (Wildman–Crippen LogP) is 0.0440. The molecule has 1 atom stereocenters. The quantitative estimate of drug-likeness (QED) is 0.378. The summed E-state index contributed by atoms with van der Waals surface area (Å²) in [6.07, 6.45) is 1.36. The second-order valence-corrected chi connectivity index (χ2v) is 3.23. The van der Waals surface area contributed by atoms with Gasteiger partial charge in [0.1, 0.15) is 24.0 Å². The first-order chi connectivity index (χ1) is 7.60. The Balaban J connectivity index is 2.85. The van der Waals surface area contributed by atoms with Crippen LogP contribution in [0.3, 0.4) is 0 Å². The maximum Gasteiger partial charge on any atom is 0.328 e. The SMILES string of the molecule is COC(=O)C(C)Nc1ncnc(NN)c1C. The highest BCUT2D eigenvalue weighted by Crippen LogP contribution is 2.17. The number of rotatable bonds is 4. The lowest BCUT2D eigenvalue weighted by Crippen LogP contribution is -2.28. The molecule has 4 N–H and O–H groups in total. The molecule has 0 amide bonds. The van der Waals surface area contributed by atoms with Crippen molar-refractivity contribution in [3.05, 3.63) is 11.9 Å². The Hall–Kier alpha value is -1.89. The molecule has 0 aliphatic heterocycles. The number of nitrogens with one attached hydrogen (secondary N) is 2. The van der Waals surface area contributed by atoms with E-state index in [1.165, 1.54) is 13.4 Å². The van der Waals surface area contributed by atoms with Crippen molar-refractivity contribution in [1.29, 1.82) is 0 Å². The minimum absolute atomic E-state index is 0.361. The van der Waals surface area contributed by atoms with E-state index < -0.39 is 6.04 Å². The Morgan fingerprint density at radius 2 is 2.12 bits per heavy atom. The van der Waals surface area contributed by atoms with Gasteiger partial charge < -0.3 is 15.5 Å². The number of nitrogens with two attached hydrogens (primary N) is 1. The van der Waals surface area contributed by atoms with Crippen LogP contribution >= 0.6 is 0 Å². The van der Waals surface area contributed by atoms with E-state index in [0.717, 1.165) is 5.56 Å². The monoisotopic (exact) mass is 225 g/mol. The first-order valence-corrected chi connectivity index (χ1v) is 4.72. The number of methoxy groups -OCH3 is 1. The minimum Gasteiger partial charge on any atom is -0.467 e. The number of hydrogen-bond acceptors (Lipinski definition) is 7. The van der Waals surface area contributed by atoms with Gasteiger partial charge in [-0.2, -0.15) is 0 Å². The van der Waals surface area contributed by atoms with Crippen LogP contribution in [-0.4, -0.2) is 29.1 Å². The molecule has 7 heteroatoms. The first kappa shape index (κ1) is 12.2. The average molecular weight is 225 g/mol. The smallest absolute Gasteiger partial charge is 0.328 e. The highest BCUT2D eigenvalue weighted by atomic mass is 16.5. The molecule has 88 valence electrons. The normalized spacial score (nSPS) is 11.8. The van der Waals surface area contributed by atoms with E-state index in [1.54, 1.807) is 13.8 Å². The zero-order valence-electron chi connectivity index (χ0n) is 9.44. The van der Waals surface area contributed by atoms with Crippen LogP contribution in [0.15, 0.2) is 6.33 Å². The number of carbonyl (C=O) groups is 1. The number of carbonyl (C=O) groups excluding carboxylic acids is 1. The van der Waals surface area contributed by atoms with Crippen LogP contribution in [0.25, 0.3) is 0 Å². The summed E-state index contributed by atoms with van der Waals surface area (Å²) in [4.78, 5) is 19.2. The molecule has 7 nitrogen and oxygen atoms in total. The summed E-state index contributed by atoms with van der Waals surface area (Å²) in [6.45, 7) is 3.48. The minimum atomic E-state index is -0.482. The fourth-order valence-corrected chi connectivity index (χ4v) is 1.18. The number of anilines is 2. The van der Waals surface area contributed by atoms with E-state index in [9.17, 15) is 4.79 Å². The molecular formula is C9H15N5O2. The van der Waals surface area contributed by atoms with Crippen molar-refractivity contribution in [2.24, 2.45) is 5.84 Å². The van der Waals surface area contributed by atoms with Gasteiger partial charge >= 0.3 is 5.97 Å². The van der Waals surface area contributed by atoms with Gasteiger partial charge in [0, 0.05) is 5.56 Å². The van der Waals surface area contributed by atoms with Gasteiger partial charge in [-0.25, -0.2) is 20.6 Å². The number of hydrazine groups is 1. The Labute approximate surface area is 93.4 Å². The van der Waals surface area contributed by atoms with Crippen molar-refractivity contribution in [3.63, 3.8) is 0 Å². The summed E-state index contributed by atoms with van der Waals surface area (Å²) < 4.78 is 4.60. The van der Waals surface area contributed by atoms with Crippen molar-refractivity contribution in [2.75, 3.05) is 17.9 Å². The van der Waals surface area contributed by atoms with Crippen molar-refractivity contribution in [2.45, 2.75) is 19.9 Å². The highest BCUT2D eigenvalue weighted by Gasteiger charge is 2.15. The van der Waals surface area contributed by atoms with Gasteiger partial charge in [0.05, 0.1) is 7.11 Å². The summed E-state index contributed by atoms with van der Waals surface area (Å²) >= 11 is 0. The molecule has 0 bridgehead atoms. The summed E-state index contributed by atoms with van der Waals surface area (Å²) in [5.41, 5.74) is 3.18. The molecule has 16 heavy (non-hydrogen) atoms. The zero-order chi connectivity index (χ0) is 12.1. The van der Waals surface area contributed by atoms with Crippen molar-refractivity contribution in [3.8, 4) is 0 Å². The van der Waals surface area contributed by atoms with Crippen LogP contribution in [0, 0.1) is 6.92 Å². The fourth-order valence-electron chi connectivity index (χ4n) is 1.18. The molecule has 0 spiro atoms. The standard InChI is InChI=1S/C9H15N5O2/c1-5-7(11-4-12-8(5)14-10)13-6(2)9(15)16-3/h4,6H,10H2,1-3H3,(H2,11,12,13,14). The van der Waals surface area contributed by atoms with E-state index in [-0.39, 0.29) is 5.97 Å². The Morgan fingerprint density at radius 3 is 2.69 bits per heavy atom. The van der Waals surface area contributed by atoms with Crippen molar-refractivity contribution >= 4 is 17.6 Å². The summed E-state index contributed by atoms with van der Waals surface area (Å²) in [6, 6.07) is -0.482. The Bertz CT molecular complexity index is 382. The third-order valence-corrected chi connectivity index (χ3v) is 2.13. The predicted molar refractivity (Wildman–Crippen MR) is 59.7 cm³/mol. The topological polar surface area (TPSA) is 102 Å². The first-order valence-electron chi connectivity index (χ1n) is 4.72. The molecule has 0 saturated heterocycles. The van der Waals surface area contributed by atoms with E-state index in [0.29, 0.717) is 11.6 Å². The van der Waals surface area contributed by atoms with Crippen LogP contribution in [0.4, 0.5) is 11.6 Å². The number of esters is 1. The van der Waals surface area contributed by atoms with Crippen LogP contribution in [0.5, 0.6) is 0 Å². The van der Waals surface area contributed by atoms with Crippen LogP contribution in [0.2, 0.25) is 0 Å².